The number of aromatic amines is 1. The maximum atomic E-state index is 10.7. The van der Waals surface area contributed by atoms with E-state index in [2.05, 4.69) is 16.0 Å². The number of aryl methyl sites for hydroxylation is 1. The van der Waals surface area contributed by atoms with Crippen molar-refractivity contribution in [2.24, 2.45) is 0 Å². The Bertz CT molecular complexity index is 729. The second kappa shape index (κ2) is 5.21. The highest BCUT2D eigenvalue weighted by molar-refractivity contribution is 5.84. The third-order valence-electron chi connectivity index (χ3n) is 3.35. The Morgan fingerprint density at radius 2 is 2.20 bits per heavy atom. The number of benzene rings is 1. The first kappa shape index (κ1) is 12.5. The Labute approximate surface area is 115 Å². The van der Waals surface area contributed by atoms with Crippen LogP contribution in [0.2, 0.25) is 0 Å². The number of carboxylic acids is 1. The lowest BCUT2D eigenvalue weighted by Crippen LogP contribution is -2.03. The molecule has 3 aromatic rings. The van der Waals surface area contributed by atoms with E-state index in [4.69, 9.17) is 5.11 Å². The SMILES string of the molecule is O=C(O)CCn1cc(Cc2ncc[nH]2)c2ccccc21. The van der Waals surface area contributed by atoms with Crippen LogP contribution < -0.4 is 0 Å². The maximum Gasteiger partial charge on any atom is 0.305 e. The van der Waals surface area contributed by atoms with Gasteiger partial charge in [-0.1, -0.05) is 18.2 Å². The van der Waals surface area contributed by atoms with Crippen LogP contribution >= 0.6 is 0 Å². The zero-order valence-electron chi connectivity index (χ0n) is 10.9. The van der Waals surface area contributed by atoms with Gasteiger partial charge in [-0.2, -0.15) is 0 Å². The molecule has 2 N–H and O–H groups in total. The number of hydrogen-bond acceptors (Lipinski definition) is 2. The van der Waals surface area contributed by atoms with Crippen molar-refractivity contribution in [3.8, 4) is 0 Å². The van der Waals surface area contributed by atoms with Crippen LogP contribution in [-0.4, -0.2) is 25.6 Å². The first-order valence-corrected chi connectivity index (χ1v) is 6.51. The van der Waals surface area contributed by atoms with Crippen LogP contribution in [-0.2, 0) is 17.8 Å². The molecule has 0 atom stereocenters. The third kappa shape index (κ3) is 2.42. The Morgan fingerprint density at radius 3 is 2.95 bits per heavy atom. The number of nitrogens with one attached hydrogen (secondary N) is 1. The molecule has 0 unspecified atom stereocenters. The molecule has 1 aromatic carbocycles. The van der Waals surface area contributed by atoms with Crippen LogP contribution in [0.5, 0.6) is 0 Å². The van der Waals surface area contributed by atoms with Gasteiger partial charge in [-0.15, -0.1) is 0 Å². The van der Waals surface area contributed by atoms with E-state index in [1.54, 1.807) is 12.4 Å². The first-order valence-electron chi connectivity index (χ1n) is 6.51. The number of para-hydroxylation sites is 1. The van der Waals surface area contributed by atoms with Gasteiger partial charge in [0.25, 0.3) is 0 Å². The minimum atomic E-state index is -0.782. The highest BCUT2D eigenvalue weighted by Gasteiger charge is 2.10. The Morgan fingerprint density at radius 1 is 1.35 bits per heavy atom. The Hall–Kier alpha value is -2.56. The summed E-state index contributed by atoms with van der Waals surface area (Å²) in [5.41, 5.74) is 2.22. The average molecular weight is 269 g/mol. The smallest absolute Gasteiger partial charge is 0.305 e. The summed E-state index contributed by atoms with van der Waals surface area (Å²) in [5.74, 6) is 0.126. The fourth-order valence-electron chi connectivity index (χ4n) is 2.44. The van der Waals surface area contributed by atoms with Crippen molar-refractivity contribution in [1.82, 2.24) is 14.5 Å². The zero-order chi connectivity index (χ0) is 13.9. The van der Waals surface area contributed by atoms with E-state index >= 15 is 0 Å². The number of aromatic nitrogens is 3. The minimum absolute atomic E-state index is 0.124. The van der Waals surface area contributed by atoms with E-state index < -0.39 is 5.97 Å². The Balaban J connectivity index is 1.97. The van der Waals surface area contributed by atoms with Gasteiger partial charge in [0.15, 0.2) is 0 Å². The molecule has 0 aliphatic carbocycles. The zero-order valence-corrected chi connectivity index (χ0v) is 10.9. The Kier molecular flexibility index (Phi) is 3.25. The van der Waals surface area contributed by atoms with Crippen LogP contribution in [0, 0.1) is 0 Å². The van der Waals surface area contributed by atoms with Gasteiger partial charge >= 0.3 is 5.97 Å². The average Bonchev–Trinajstić information content (AvgIpc) is 3.06. The van der Waals surface area contributed by atoms with Gasteiger partial charge in [-0.25, -0.2) is 4.98 Å². The molecule has 0 amide bonds. The molecule has 5 nitrogen and oxygen atoms in total. The van der Waals surface area contributed by atoms with Crippen LogP contribution in [0.4, 0.5) is 0 Å². The second-order valence-electron chi connectivity index (χ2n) is 4.72. The van der Waals surface area contributed by atoms with Crippen LogP contribution in [0.25, 0.3) is 10.9 Å². The summed E-state index contributed by atoms with van der Waals surface area (Å²) in [6.07, 6.45) is 6.40. The molecule has 0 aliphatic rings. The van der Waals surface area contributed by atoms with Gasteiger partial charge in [0, 0.05) is 42.5 Å². The summed E-state index contributed by atoms with van der Waals surface area (Å²) in [6.45, 7) is 0.480. The highest BCUT2D eigenvalue weighted by Crippen LogP contribution is 2.23. The van der Waals surface area contributed by atoms with E-state index in [1.165, 1.54) is 0 Å². The number of carbonyl (C=O) groups is 1. The molecule has 20 heavy (non-hydrogen) atoms. The standard InChI is InChI=1S/C15H15N3O2/c19-15(20)5-8-18-10-11(9-14-16-6-7-17-14)12-3-1-2-4-13(12)18/h1-4,6-7,10H,5,8-9H2,(H,16,17)(H,19,20). The largest absolute Gasteiger partial charge is 0.481 e. The van der Waals surface area contributed by atoms with Crippen molar-refractivity contribution in [1.29, 1.82) is 0 Å². The first-order chi connectivity index (χ1) is 9.74. The van der Waals surface area contributed by atoms with Crippen molar-refractivity contribution in [2.75, 3.05) is 0 Å². The number of hydrogen-bond donors (Lipinski definition) is 2. The minimum Gasteiger partial charge on any atom is -0.481 e. The summed E-state index contributed by atoms with van der Waals surface area (Å²) in [6, 6.07) is 8.04. The van der Waals surface area contributed by atoms with Gasteiger partial charge in [0.2, 0.25) is 0 Å². The second-order valence-corrected chi connectivity index (χ2v) is 4.72. The lowest BCUT2D eigenvalue weighted by atomic mass is 10.1. The van der Waals surface area contributed by atoms with Gasteiger partial charge in [-0.05, 0) is 11.6 Å². The lowest BCUT2D eigenvalue weighted by Gasteiger charge is -2.01. The van der Waals surface area contributed by atoms with Crippen molar-refractivity contribution >= 4 is 16.9 Å². The molecule has 0 fully saturated rings. The number of fused-ring (bicyclic) bond motifs is 1. The predicted molar refractivity (Wildman–Crippen MR) is 75.6 cm³/mol. The molecule has 0 saturated heterocycles. The molecule has 5 heteroatoms. The van der Waals surface area contributed by atoms with Gasteiger partial charge in [0.1, 0.15) is 5.82 Å². The summed E-state index contributed by atoms with van der Waals surface area (Å²) < 4.78 is 2.00. The molecule has 2 aromatic heterocycles. The third-order valence-corrected chi connectivity index (χ3v) is 3.35. The van der Waals surface area contributed by atoms with E-state index in [1.807, 2.05) is 29.0 Å². The fourth-order valence-corrected chi connectivity index (χ4v) is 2.44. The molecule has 3 rings (SSSR count). The van der Waals surface area contributed by atoms with Gasteiger partial charge < -0.3 is 14.7 Å². The molecule has 0 aliphatic heterocycles. The van der Waals surface area contributed by atoms with E-state index in [0.717, 1.165) is 22.3 Å². The summed E-state index contributed by atoms with van der Waals surface area (Å²) in [7, 11) is 0. The highest BCUT2D eigenvalue weighted by atomic mass is 16.4. The van der Waals surface area contributed by atoms with Crippen LogP contribution in [0.1, 0.15) is 17.8 Å². The summed E-state index contributed by atoms with van der Waals surface area (Å²) in [4.78, 5) is 18.1. The normalized spacial score (nSPS) is 11.0. The quantitative estimate of drug-likeness (QED) is 0.747. The van der Waals surface area contributed by atoms with Crippen molar-refractivity contribution < 1.29 is 9.90 Å². The number of carboxylic acid groups (broad SMARTS) is 1. The molecular formula is C15H15N3O2. The number of aliphatic carboxylic acids is 1. The van der Waals surface area contributed by atoms with Crippen molar-refractivity contribution in [3.05, 3.63) is 54.2 Å². The van der Waals surface area contributed by atoms with Gasteiger partial charge in [0.05, 0.1) is 6.42 Å². The van der Waals surface area contributed by atoms with E-state index in [-0.39, 0.29) is 6.42 Å². The van der Waals surface area contributed by atoms with E-state index in [9.17, 15) is 4.79 Å². The van der Waals surface area contributed by atoms with Crippen LogP contribution in [0.3, 0.4) is 0 Å². The van der Waals surface area contributed by atoms with E-state index in [0.29, 0.717) is 13.0 Å². The molecule has 0 radical (unpaired) electrons. The van der Waals surface area contributed by atoms with Gasteiger partial charge in [-0.3, -0.25) is 4.79 Å². The fraction of sp³-hybridized carbons (Fsp3) is 0.200. The monoisotopic (exact) mass is 269 g/mol. The number of rotatable bonds is 5. The molecular weight excluding hydrogens is 254 g/mol. The molecule has 2 heterocycles. The predicted octanol–water partition coefficient (Wildman–Crippen LogP) is 2.43. The number of imidazole rings is 1. The van der Waals surface area contributed by atoms with Crippen molar-refractivity contribution in [3.63, 3.8) is 0 Å². The lowest BCUT2D eigenvalue weighted by molar-refractivity contribution is -0.137. The van der Waals surface area contributed by atoms with Crippen LogP contribution in [0.15, 0.2) is 42.9 Å². The molecule has 0 bridgehead atoms. The summed E-state index contributed by atoms with van der Waals surface area (Å²) >= 11 is 0. The summed E-state index contributed by atoms with van der Waals surface area (Å²) in [5, 5.41) is 9.98. The van der Waals surface area contributed by atoms with Crippen molar-refractivity contribution in [2.45, 2.75) is 19.4 Å². The topological polar surface area (TPSA) is 70.9 Å². The maximum absolute atomic E-state index is 10.7. The molecule has 0 saturated carbocycles. The molecule has 102 valence electrons. The number of H-pyrrole nitrogens is 1. The molecule has 0 spiro atoms. The number of nitrogens with zero attached hydrogens (tertiary/aromatic N) is 2.